The largest absolute Gasteiger partial charge is 0.489 e. The van der Waals surface area contributed by atoms with Crippen LogP contribution in [-0.4, -0.2) is 17.0 Å². The van der Waals surface area contributed by atoms with E-state index in [4.69, 9.17) is 4.74 Å². The molecule has 0 atom stereocenters. The number of ether oxygens (including phenoxy) is 1. The molecule has 2 rings (SSSR count). The van der Waals surface area contributed by atoms with Crippen LogP contribution in [0.3, 0.4) is 0 Å². The SMILES string of the molecule is CC(C)Oc1ccccc1NC(=O)Cc1ccc[nH]1. The summed E-state index contributed by atoms with van der Waals surface area (Å²) in [5, 5.41) is 2.87. The smallest absolute Gasteiger partial charge is 0.230 e. The van der Waals surface area contributed by atoms with Crippen LogP contribution in [0.5, 0.6) is 5.75 Å². The van der Waals surface area contributed by atoms with Gasteiger partial charge in [0.05, 0.1) is 18.2 Å². The summed E-state index contributed by atoms with van der Waals surface area (Å²) in [6, 6.07) is 11.2. The second-order valence-corrected chi connectivity index (χ2v) is 4.58. The molecule has 0 unspecified atom stereocenters. The first kappa shape index (κ1) is 13.2. The maximum Gasteiger partial charge on any atom is 0.230 e. The molecule has 0 aliphatic heterocycles. The molecule has 1 amide bonds. The average Bonchev–Trinajstić information content (AvgIpc) is 2.83. The minimum absolute atomic E-state index is 0.0674. The molecule has 0 aliphatic carbocycles. The van der Waals surface area contributed by atoms with Crippen LogP contribution in [0.15, 0.2) is 42.6 Å². The maximum atomic E-state index is 11.9. The molecule has 0 bridgehead atoms. The van der Waals surface area contributed by atoms with Gasteiger partial charge in [0.25, 0.3) is 0 Å². The number of carbonyl (C=O) groups is 1. The second-order valence-electron chi connectivity index (χ2n) is 4.58. The van der Waals surface area contributed by atoms with Gasteiger partial charge in [-0.2, -0.15) is 0 Å². The normalized spacial score (nSPS) is 10.5. The van der Waals surface area contributed by atoms with Crippen LogP contribution in [0.25, 0.3) is 0 Å². The van der Waals surface area contributed by atoms with E-state index in [1.165, 1.54) is 0 Å². The number of aromatic nitrogens is 1. The Morgan fingerprint density at radius 2 is 2.05 bits per heavy atom. The van der Waals surface area contributed by atoms with Crippen LogP contribution in [0.4, 0.5) is 5.69 Å². The van der Waals surface area contributed by atoms with Crippen LogP contribution in [0.2, 0.25) is 0 Å². The topological polar surface area (TPSA) is 54.1 Å². The molecule has 19 heavy (non-hydrogen) atoms. The first-order valence-corrected chi connectivity index (χ1v) is 6.33. The summed E-state index contributed by atoms with van der Waals surface area (Å²) in [5.74, 6) is 0.625. The van der Waals surface area contributed by atoms with E-state index in [1.807, 2.05) is 50.2 Å². The molecule has 0 saturated carbocycles. The first-order chi connectivity index (χ1) is 9.15. The van der Waals surface area contributed by atoms with E-state index in [9.17, 15) is 4.79 Å². The fraction of sp³-hybridized carbons (Fsp3) is 0.267. The number of para-hydroxylation sites is 2. The number of benzene rings is 1. The molecule has 0 radical (unpaired) electrons. The Kier molecular flexibility index (Phi) is 4.23. The fourth-order valence-electron chi connectivity index (χ4n) is 1.77. The zero-order valence-electron chi connectivity index (χ0n) is 11.1. The van der Waals surface area contributed by atoms with Gasteiger partial charge in [-0.3, -0.25) is 4.79 Å². The molecule has 1 aromatic carbocycles. The molecule has 2 aromatic rings. The van der Waals surface area contributed by atoms with Crippen molar-refractivity contribution < 1.29 is 9.53 Å². The van der Waals surface area contributed by atoms with Gasteiger partial charge in [0.2, 0.25) is 5.91 Å². The van der Waals surface area contributed by atoms with Gasteiger partial charge < -0.3 is 15.0 Å². The van der Waals surface area contributed by atoms with Crippen molar-refractivity contribution in [3.05, 3.63) is 48.3 Å². The molecule has 1 aromatic heterocycles. The van der Waals surface area contributed by atoms with Gasteiger partial charge in [-0.1, -0.05) is 12.1 Å². The van der Waals surface area contributed by atoms with Crippen molar-refractivity contribution in [2.24, 2.45) is 0 Å². The van der Waals surface area contributed by atoms with Crippen molar-refractivity contribution in [2.75, 3.05) is 5.32 Å². The van der Waals surface area contributed by atoms with E-state index in [0.29, 0.717) is 17.9 Å². The third-order valence-corrected chi connectivity index (χ3v) is 2.54. The van der Waals surface area contributed by atoms with Crippen LogP contribution in [0.1, 0.15) is 19.5 Å². The maximum absolute atomic E-state index is 11.9. The lowest BCUT2D eigenvalue weighted by Gasteiger charge is -2.14. The van der Waals surface area contributed by atoms with Gasteiger partial charge in [0, 0.05) is 11.9 Å². The Balaban J connectivity index is 2.04. The number of nitrogens with one attached hydrogen (secondary N) is 2. The Labute approximate surface area is 112 Å². The molecule has 4 nitrogen and oxygen atoms in total. The summed E-state index contributed by atoms with van der Waals surface area (Å²) in [4.78, 5) is 14.9. The Hall–Kier alpha value is -2.23. The first-order valence-electron chi connectivity index (χ1n) is 6.33. The average molecular weight is 258 g/mol. The number of amides is 1. The molecule has 1 heterocycles. The molecule has 0 saturated heterocycles. The van der Waals surface area contributed by atoms with Crippen LogP contribution < -0.4 is 10.1 Å². The summed E-state index contributed by atoms with van der Waals surface area (Å²) in [5.41, 5.74) is 1.59. The Bertz CT molecular complexity index is 533. The predicted octanol–water partition coefficient (Wildman–Crippen LogP) is 2.98. The highest BCUT2D eigenvalue weighted by Crippen LogP contribution is 2.24. The molecule has 0 aliphatic rings. The number of H-pyrrole nitrogens is 1. The summed E-state index contributed by atoms with van der Waals surface area (Å²) in [7, 11) is 0. The van der Waals surface area contributed by atoms with E-state index in [-0.39, 0.29) is 12.0 Å². The van der Waals surface area contributed by atoms with Crippen LogP contribution >= 0.6 is 0 Å². The highest BCUT2D eigenvalue weighted by molar-refractivity contribution is 5.93. The predicted molar refractivity (Wildman–Crippen MR) is 75.3 cm³/mol. The van der Waals surface area contributed by atoms with E-state index >= 15 is 0 Å². The highest BCUT2D eigenvalue weighted by atomic mass is 16.5. The van der Waals surface area contributed by atoms with E-state index in [2.05, 4.69) is 10.3 Å². The standard InChI is InChI=1S/C15H18N2O2/c1-11(2)19-14-8-4-3-7-13(14)17-15(18)10-12-6-5-9-16-12/h3-9,11,16H,10H2,1-2H3,(H,17,18). The van der Waals surface area contributed by atoms with Gasteiger partial charge in [-0.25, -0.2) is 0 Å². The number of rotatable bonds is 5. The summed E-state index contributed by atoms with van der Waals surface area (Å²) < 4.78 is 5.66. The van der Waals surface area contributed by atoms with Crippen molar-refractivity contribution in [1.29, 1.82) is 0 Å². The third-order valence-electron chi connectivity index (χ3n) is 2.54. The van der Waals surface area contributed by atoms with Crippen molar-refractivity contribution >= 4 is 11.6 Å². The molecule has 4 heteroatoms. The fourth-order valence-corrected chi connectivity index (χ4v) is 1.77. The van der Waals surface area contributed by atoms with Gasteiger partial charge in [0.15, 0.2) is 0 Å². The molecule has 100 valence electrons. The zero-order chi connectivity index (χ0) is 13.7. The summed E-state index contributed by atoms with van der Waals surface area (Å²) in [6.07, 6.45) is 2.20. The number of anilines is 1. The van der Waals surface area contributed by atoms with Crippen LogP contribution in [0, 0.1) is 0 Å². The van der Waals surface area contributed by atoms with E-state index < -0.39 is 0 Å². The Morgan fingerprint density at radius 1 is 1.26 bits per heavy atom. The summed E-state index contributed by atoms with van der Waals surface area (Å²) in [6.45, 7) is 3.91. The van der Waals surface area contributed by atoms with Crippen LogP contribution in [-0.2, 0) is 11.2 Å². The third kappa shape index (κ3) is 3.88. The quantitative estimate of drug-likeness (QED) is 0.866. The summed E-state index contributed by atoms with van der Waals surface area (Å²) >= 11 is 0. The molecule has 0 spiro atoms. The molecular weight excluding hydrogens is 240 g/mol. The van der Waals surface area contributed by atoms with Gasteiger partial charge >= 0.3 is 0 Å². The number of aromatic amines is 1. The molecular formula is C15H18N2O2. The Morgan fingerprint density at radius 3 is 2.74 bits per heavy atom. The van der Waals surface area contributed by atoms with E-state index in [1.54, 1.807) is 6.20 Å². The molecule has 2 N–H and O–H groups in total. The lowest BCUT2D eigenvalue weighted by molar-refractivity contribution is -0.115. The molecule has 0 fully saturated rings. The highest BCUT2D eigenvalue weighted by Gasteiger charge is 2.09. The lowest BCUT2D eigenvalue weighted by atomic mass is 10.2. The van der Waals surface area contributed by atoms with Crippen molar-refractivity contribution in [3.63, 3.8) is 0 Å². The lowest BCUT2D eigenvalue weighted by Crippen LogP contribution is -2.16. The van der Waals surface area contributed by atoms with Gasteiger partial charge in [0.1, 0.15) is 5.75 Å². The van der Waals surface area contributed by atoms with Gasteiger partial charge in [-0.05, 0) is 38.1 Å². The van der Waals surface area contributed by atoms with Crippen molar-refractivity contribution in [2.45, 2.75) is 26.4 Å². The zero-order valence-corrected chi connectivity index (χ0v) is 11.1. The number of carbonyl (C=O) groups excluding carboxylic acids is 1. The van der Waals surface area contributed by atoms with Crippen molar-refractivity contribution in [3.8, 4) is 5.75 Å². The monoisotopic (exact) mass is 258 g/mol. The number of hydrogen-bond donors (Lipinski definition) is 2. The minimum Gasteiger partial charge on any atom is -0.489 e. The second kappa shape index (κ2) is 6.09. The van der Waals surface area contributed by atoms with Gasteiger partial charge in [-0.15, -0.1) is 0 Å². The minimum atomic E-state index is -0.0674. The van der Waals surface area contributed by atoms with Crippen molar-refractivity contribution in [1.82, 2.24) is 4.98 Å². The number of hydrogen-bond acceptors (Lipinski definition) is 2. The van der Waals surface area contributed by atoms with E-state index in [0.717, 1.165) is 5.69 Å².